The van der Waals surface area contributed by atoms with Gasteiger partial charge in [-0.25, -0.2) is 8.78 Å². The molecule has 23 heavy (non-hydrogen) atoms. The minimum absolute atomic E-state index is 0.0267. The number of carbonyl (C=O) groups is 1. The van der Waals surface area contributed by atoms with Crippen molar-refractivity contribution in [2.45, 2.75) is 37.8 Å². The van der Waals surface area contributed by atoms with Gasteiger partial charge >= 0.3 is 0 Å². The molecule has 6 heteroatoms. The van der Waals surface area contributed by atoms with Gasteiger partial charge in [0.2, 0.25) is 0 Å². The normalized spacial score (nSPS) is 26.4. The molecule has 1 aromatic rings. The zero-order chi connectivity index (χ0) is 16.4. The molecule has 3 rings (SSSR count). The van der Waals surface area contributed by atoms with Crippen molar-refractivity contribution in [2.24, 2.45) is 11.8 Å². The van der Waals surface area contributed by atoms with Crippen LogP contribution >= 0.6 is 0 Å². The molecule has 0 radical (unpaired) electrons. The molecule has 1 atom stereocenters. The van der Waals surface area contributed by atoms with Crippen LogP contribution in [0.4, 0.5) is 8.78 Å². The molecule has 1 aromatic carbocycles. The average Bonchev–Trinajstić information content (AvgIpc) is 2.53. The maximum Gasteiger partial charge on any atom is 0.251 e. The van der Waals surface area contributed by atoms with Crippen molar-refractivity contribution in [1.29, 1.82) is 0 Å². The first-order valence-corrected chi connectivity index (χ1v) is 8.19. The summed E-state index contributed by atoms with van der Waals surface area (Å²) in [5.74, 6) is -1.76. The van der Waals surface area contributed by atoms with Gasteiger partial charge in [0.05, 0.1) is 6.10 Å². The molecule has 1 saturated heterocycles. The molecule has 1 aliphatic carbocycles. The molecule has 1 heterocycles. The van der Waals surface area contributed by atoms with E-state index in [2.05, 4.69) is 10.6 Å². The number of carbonyl (C=O) groups excluding carboxylic acids is 1. The van der Waals surface area contributed by atoms with Crippen molar-refractivity contribution in [3.63, 3.8) is 0 Å². The van der Waals surface area contributed by atoms with Gasteiger partial charge < -0.3 is 15.7 Å². The second-order valence-corrected chi connectivity index (χ2v) is 6.60. The molecule has 3 N–H and O–H groups in total. The third-order valence-corrected chi connectivity index (χ3v) is 5.03. The Kier molecular flexibility index (Phi) is 4.92. The standard InChI is InChI=1S/C17H22F2N2O2/c18-14-2-1-11(9-15(14)19)17(23)21-16(12-7-13(22)8-12)10-3-5-20-6-4-10/h1-2,9-10,12-13,16,20,22H,3-8H2,(H,21,23)/t12?,13?,16-/m1/s1. The van der Waals surface area contributed by atoms with Gasteiger partial charge in [-0.05, 0) is 68.8 Å². The minimum atomic E-state index is -1.02. The maximum atomic E-state index is 13.3. The minimum Gasteiger partial charge on any atom is -0.393 e. The first-order chi connectivity index (χ1) is 11.0. The smallest absolute Gasteiger partial charge is 0.251 e. The zero-order valence-electron chi connectivity index (χ0n) is 12.9. The van der Waals surface area contributed by atoms with Crippen molar-refractivity contribution < 1.29 is 18.7 Å². The van der Waals surface area contributed by atoms with E-state index in [4.69, 9.17) is 0 Å². The summed E-state index contributed by atoms with van der Waals surface area (Å²) in [6, 6.07) is 3.17. The molecule has 0 bridgehead atoms. The Labute approximate surface area is 134 Å². The highest BCUT2D eigenvalue weighted by Crippen LogP contribution is 2.35. The van der Waals surface area contributed by atoms with Crippen molar-refractivity contribution in [3.05, 3.63) is 35.4 Å². The fourth-order valence-corrected chi connectivity index (χ4v) is 3.62. The van der Waals surface area contributed by atoms with E-state index >= 15 is 0 Å². The van der Waals surface area contributed by atoms with E-state index in [0.717, 1.165) is 38.1 Å². The predicted octanol–water partition coefficient (Wildman–Crippen LogP) is 1.83. The SMILES string of the molecule is O=C(N[C@H](C1CCNCC1)C1CC(O)C1)c1ccc(F)c(F)c1. The average molecular weight is 324 g/mol. The molecule has 0 aromatic heterocycles. The lowest BCUT2D eigenvalue weighted by Gasteiger charge is -2.43. The molecule has 0 spiro atoms. The van der Waals surface area contributed by atoms with Gasteiger partial charge in [-0.15, -0.1) is 0 Å². The van der Waals surface area contributed by atoms with Crippen LogP contribution in [0.2, 0.25) is 0 Å². The number of rotatable bonds is 4. The van der Waals surface area contributed by atoms with Crippen LogP contribution in [0.1, 0.15) is 36.0 Å². The molecule has 1 saturated carbocycles. The Bertz CT molecular complexity index is 570. The summed E-state index contributed by atoms with van der Waals surface area (Å²) in [5, 5.41) is 15.9. The number of hydrogen-bond acceptors (Lipinski definition) is 3. The van der Waals surface area contributed by atoms with Crippen LogP contribution < -0.4 is 10.6 Å². The monoisotopic (exact) mass is 324 g/mol. The zero-order valence-corrected chi connectivity index (χ0v) is 12.9. The summed E-state index contributed by atoms with van der Waals surface area (Å²) in [6.07, 6.45) is 3.02. The van der Waals surface area contributed by atoms with Crippen LogP contribution in [0.25, 0.3) is 0 Å². The number of nitrogens with one attached hydrogen (secondary N) is 2. The quantitative estimate of drug-likeness (QED) is 0.792. The summed E-state index contributed by atoms with van der Waals surface area (Å²) in [7, 11) is 0. The summed E-state index contributed by atoms with van der Waals surface area (Å²) in [4.78, 5) is 12.4. The van der Waals surface area contributed by atoms with Crippen molar-refractivity contribution in [3.8, 4) is 0 Å². The summed E-state index contributed by atoms with van der Waals surface area (Å²) in [5.41, 5.74) is 0.128. The molecule has 1 amide bonds. The number of piperidine rings is 1. The van der Waals surface area contributed by atoms with Gasteiger partial charge in [0.25, 0.3) is 5.91 Å². The van der Waals surface area contributed by atoms with E-state index in [1.165, 1.54) is 6.07 Å². The van der Waals surface area contributed by atoms with Crippen LogP contribution in [0.15, 0.2) is 18.2 Å². The number of aliphatic hydroxyl groups excluding tert-OH is 1. The van der Waals surface area contributed by atoms with E-state index < -0.39 is 11.6 Å². The van der Waals surface area contributed by atoms with E-state index in [-0.39, 0.29) is 29.5 Å². The first-order valence-electron chi connectivity index (χ1n) is 8.19. The summed E-state index contributed by atoms with van der Waals surface area (Å²) >= 11 is 0. The molecule has 4 nitrogen and oxygen atoms in total. The van der Waals surface area contributed by atoms with Gasteiger partial charge in [-0.2, -0.15) is 0 Å². The van der Waals surface area contributed by atoms with Crippen LogP contribution in [0, 0.1) is 23.5 Å². The highest BCUT2D eigenvalue weighted by atomic mass is 19.2. The molecule has 0 unspecified atom stereocenters. The highest BCUT2D eigenvalue weighted by Gasteiger charge is 2.39. The Hall–Kier alpha value is -1.53. The van der Waals surface area contributed by atoms with Gasteiger partial charge in [-0.3, -0.25) is 4.79 Å². The van der Waals surface area contributed by atoms with Crippen LogP contribution in [0.5, 0.6) is 0 Å². The third kappa shape index (κ3) is 3.70. The fraction of sp³-hybridized carbons (Fsp3) is 0.588. The van der Waals surface area contributed by atoms with Crippen LogP contribution in [-0.2, 0) is 0 Å². The maximum absolute atomic E-state index is 13.3. The summed E-state index contributed by atoms with van der Waals surface area (Å²) < 4.78 is 26.3. The van der Waals surface area contributed by atoms with Crippen LogP contribution in [0.3, 0.4) is 0 Å². The molecular weight excluding hydrogens is 302 g/mol. The fourth-order valence-electron chi connectivity index (χ4n) is 3.62. The molecule has 2 aliphatic rings. The van der Waals surface area contributed by atoms with Gasteiger partial charge in [0, 0.05) is 11.6 Å². The van der Waals surface area contributed by atoms with Crippen molar-refractivity contribution in [2.75, 3.05) is 13.1 Å². The lowest BCUT2D eigenvalue weighted by molar-refractivity contribution is 0.00918. The third-order valence-electron chi connectivity index (χ3n) is 5.03. The van der Waals surface area contributed by atoms with Crippen LogP contribution in [-0.4, -0.2) is 36.2 Å². The van der Waals surface area contributed by atoms with Gasteiger partial charge in [0.1, 0.15) is 0 Å². The number of amides is 1. The largest absolute Gasteiger partial charge is 0.393 e. The molecule has 126 valence electrons. The second kappa shape index (κ2) is 6.93. The lowest BCUT2D eigenvalue weighted by atomic mass is 9.71. The van der Waals surface area contributed by atoms with Crippen molar-refractivity contribution in [1.82, 2.24) is 10.6 Å². The van der Waals surface area contributed by atoms with E-state index in [9.17, 15) is 18.7 Å². The van der Waals surface area contributed by atoms with E-state index in [0.29, 0.717) is 18.8 Å². The van der Waals surface area contributed by atoms with Gasteiger partial charge in [-0.1, -0.05) is 0 Å². The van der Waals surface area contributed by atoms with E-state index in [1.807, 2.05) is 0 Å². The molecule has 1 aliphatic heterocycles. The van der Waals surface area contributed by atoms with Crippen molar-refractivity contribution >= 4 is 5.91 Å². The number of hydrogen-bond donors (Lipinski definition) is 3. The Balaban J connectivity index is 1.71. The highest BCUT2D eigenvalue weighted by molar-refractivity contribution is 5.94. The lowest BCUT2D eigenvalue weighted by Crippen LogP contribution is -2.52. The predicted molar refractivity (Wildman–Crippen MR) is 81.9 cm³/mol. The topological polar surface area (TPSA) is 61.4 Å². The Morgan fingerprint density at radius 2 is 1.87 bits per heavy atom. The van der Waals surface area contributed by atoms with Gasteiger partial charge in [0.15, 0.2) is 11.6 Å². The first kappa shape index (κ1) is 16.3. The number of benzene rings is 1. The van der Waals surface area contributed by atoms with E-state index in [1.54, 1.807) is 0 Å². The summed E-state index contributed by atoms with van der Waals surface area (Å²) in [6.45, 7) is 1.83. The second-order valence-electron chi connectivity index (χ2n) is 6.60. The Morgan fingerprint density at radius 3 is 2.48 bits per heavy atom. The number of aliphatic hydroxyl groups is 1. The molecule has 2 fully saturated rings. The Morgan fingerprint density at radius 1 is 1.17 bits per heavy atom. The molecular formula is C17H22F2N2O2. The number of halogens is 2.